The van der Waals surface area contributed by atoms with E-state index in [1.54, 1.807) is 57.0 Å². The molecule has 1 amide bonds. The molecule has 138 valence electrons. The topological polar surface area (TPSA) is 83.0 Å². The third-order valence-electron chi connectivity index (χ3n) is 3.68. The Labute approximate surface area is 156 Å². The summed E-state index contributed by atoms with van der Waals surface area (Å²) in [6, 6.07) is 9.51. The molecule has 0 bridgehead atoms. The summed E-state index contributed by atoms with van der Waals surface area (Å²) in [6.45, 7) is 0.442. The zero-order valence-corrected chi connectivity index (χ0v) is 15.0. The molecule has 0 spiro atoms. The van der Waals surface area contributed by atoms with E-state index in [1.165, 1.54) is 17.0 Å². The van der Waals surface area contributed by atoms with Crippen molar-refractivity contribution in [1.29, 1.82) is 0 Å². The quantitative estimate of drug-likeness (QED) is 0.698. The number of halogens is 1. The summed E-state index contributed by atoms with van der Waals surface area (Å²) in [4.78, 5) is 26.5. The van der Waals surface area contributed by atoms with Crippen LogP contribution in [0.4, 0.5) is 21.8 Å². The number of pyridine rings is 1. The second kappa shape index (κ2) is 8.22. The molecule has 7 nitrogen and oxygen atoms in total. The lowest BCUT2D eigenvalue weighted by molar-refractivity contribution is 0.0827. The van der Waals surface area contributed by atoms with Crippen molar-refractivity contribution in [2.75, 3.05) is 24.7 Å². The molecule has 3 aromatic rings. The van der Waals surface area contributed by atoms with Crippen molar-refractivity contribution < 1.29 is 9.18 Å². The standard InChI is InChI=1S/C19H19FN6O/c1-26(2)19(27)14-9-16(23-11-13-3-5-15(20)6-4-13)24-17(10-14)25-18-12-21-7-8-22-18/h3-10,12H,11H2,1-2H3,(H2,22,23,24,25). The predicted molar refractivity (Wildman–Crippen MR) is 101 cm³/mol. The third-order valence-corrected chi connectivity index (χ3v) is 3.68. The fraction of sp³-hybridized carbons (Fsp3) is 0.158. The van der Waals surface area contributed by atoms with Gasteiger partial charge in [-0.05, 0) is 29.8 Å². The normalized spacial score (nSPS) is 10.3. The number of rotatable bonds is 6. The Balaban J connectivity index is 1.84. The number of carbonyl (C=O) groups is 1. The van der Waals surface area contributed by atoms with Gasteiger partial charge in [0.25, 0.3) is 5.91 Å². The van der Waals surface area contributed by atoms with E-state index in [9.17, 15) is 9.18 Å². The molecule has 0 unspecified atom stereocenters. The molecule has 1 aromatic carbocycles. The molecule has 0 radical (unpaired) electrons. The van der Waals surface area contributed by atoms with Crippen LogP contribution in [-0.4, -0.2) is 39.9 Å². The Morgan fingerprint density at radius 1 is 1.07 bits per heavy atom. The highest BCUT2D eigenvalue weighted by Crippen LogP contribution is 2.19. The minimum absolute atomic E-state index is 0.149. The number of carbonyl (C=O) groups excluding carboxylic acids is 1. The van der Waals surface area contributed by atoms with Crippen LogP contribution in [0.15, 0.2) is 55.0 Å². The van der Waals surface area contributed by atoms with Gasteiger partial charge in [-0.25, -0.2) is 14.4 Å². The van der Waals surface area contributed by atoms with Crippen LogP contribution in [0.3, 0.4) is 0 Å². The van der Waals surface area contributed by atoms with E-state index < -0.39 is 0 Å². The van der Waals surface area contributed by atoms with Crippen LogP contribution in [0.5, 0.6) is 0 Å². The molecule has 2 heterocycles. The van der Waals surface area contributed by atoms with Gasteiger partial charge in [-0.2, -0.15) is 0 Å². The summed E-state index contributed by atoms with van der Waals surface area (Å²) >= 11 is 0. The number of nitrogens with one attached hydrogen (secondary N) is 2. The summed E-state index contributed by atoms with van der Waals surface area (Å²) in [6.07, 6.45) is 4.69. The van der Waals surface area contributed by atoms with Crippen molar-refractivity contribution >= 4 is 23.4 Å². The van der Waals surface area contributed by atoms with Crippen molar-refractivity contribution in [2.45, 2.75) is 6.54 Å². The molecule has 27 heavy (non-hydrogen) atoms. The molecule has 0 aliphatic rings. The van der Waals surface area contributed by atoms with Crippen molar-refractivity contribution in [1.82, 2.24) is 19.9 Å². The van der Waals surface area contributed by atoms with E-state index in [0.29, 0.717) is 29.6 Å². The number of hydrogen-bond donors (Lipinski definition) is 2. The van der Waals surface area contributed by atoms with E-state index in [2.05, 4.69) is 25.6 Å². The van der Waals surface area contributed by atoms with Crippen molar-refractivity contribution in [3.8, 4) is 0 Å². The molecule has 2 N–H and O–H groups in total. The average molecular weight is 366 g/mol. The van der Waals surface area contributed by atoms with Crippen molar-refractivity contribution in [3.05, 3.63) is 71.9 Å². The maximum atomic E-state index is 13.0. The zero-order chi connectivity index (χ0) is 19.2. The lowest BCUT2D eigenvalue weighted by Gasteiger charge is -2.14. The lowest BCUT2D eigenvalue weighted by atomic mass is 10.2. The van der Waals surface area contributed by atoms with Gasteiger partial charge >= 0.3 is 0 Å². The van der Waals surface area contributed by atoms with Crippen LogP contribution >= 0.6 is 0 Å². The minimum atomic E-state index is -0.286. The first-order valence-corrected chi connectivity index (χ1v) is 8.26. The largest absolute Gasteiger partial charge is 0.366 e. The van der Waals surface area contributed by atoms with E-state index >= 15 is 0 Å². The van der Waals surface area contributed by atoms with Crippen LogP contribution in [0.25, 0.3) is 0 Å². The molecule has 3 rings (SSSR count). The van der Waals surface area contributed by atoms with Crippen LogP contribution in [0.1, 0.15) is 15.9 Å². The van der Waals surface area contributed by atoms with Crippen LogP contribution < -0.4 is 10.6 Å². The number of aromatic nitrogens is 3. The monoisotopic (exact) mass is 366 g/mol. The fourth-order valence-electron chi connectivity index (χ4n) is 2.36. The average Bonchev–Trinajstić information content (AvgIpc) is 2.67. The maximum absolute atomic E-state index is 13.0. The van der Waals surface area contributed by atoms with Gasteiger partial charge in [0.2, 0.25) is 0 Å². The molecule has 0 fully saturated rings. The molecule has 0 aliphatic carbocycles. The first kappa shape index (κ1) is 18.2. The second-order valence-corrected chi connectivity index (χ2v) is 6.02. The molecule has 0 aliphatic heterocycles. The van der Waals surface area contributed by atoms with Gasteiger partial charge < -0.3 is 15.5 Å². The molecular weight excluding hydrogens is 347 g/mol. The lowest BCUT2D eigenvalue weighted by Crippen LogP contribution is -2.22. The molecule has 0 saturated heterocycles. The summed E-state index contributed by atoms with van der Waals surface area (Å²) in [7, 11) is 3.37. The number of hydrogen-bond acceptors (Lipinski definition) is 6. The molecule has 8 heteroatoms. The first-order chi connectivity index (χ1) is 13.0. The SMILES string of the molecule is CN(C)C(=O)c1cc(NCc2ccc(F)cc2)nc(Nc2cnccn2)c1. The summed E-state index contributed by atoms with van der Waals surface area (Å²) < 4.78 is 13.0. The molecular formula is C19H19FN6O. The van der Waals surface area contributed by atoms with Crippen LogP contribution in [0.2, 0.25) is 0 Å². The fourth-order valence-corrected chi connectivity index (χ4v) is 2.36. The van der Waals surface area contributed by atoms with Gasteiger partial charge in [0, 0.05) is 38.6 Å². The van der Waals surface area contributed by atoms with Gasteiger partial charge in [-0.3, -0.25) is 9.78 Å². The number of nitrogens with zero attached hydrogens (tertiary/aromatic N) is 4. The number of amides is 1. The summed E-state index contributed by atoms with van der Waals surface area (Å²) in [5, 5.41) is 6.20. The Kier molecular flexibility index (Phi) is 5.55. The molecule has 2 aromatic heterocycles. The van der Waals surface area contributed by atoms with Crippen LogP contribution in [-0.2, 0) is 6.54 Å². The molecule has 0 saturated carbocycles. The summed E-state index contributed by atoms with van der Waals surface area (Å²) in [5.41, 5.74) is 1.37. The second-order valence-electron chi connectivity index (χ2n) is 6.02. The molecule has 0 atom stereocenters. The zero-order valence-electron chi connectivity index (χ0n) is 15.0. The highest BCUT2D eigenvalue weighted by molar-refractivity contribution is 5.95. The third kappa shape index (κ3) is 4.97. The predicted octanol–water partition coefficient (Wildman–Crippen LogP) is 3.07. The van der Waals surface area contributed by atoms with E-state index in [-0.39, 0.29) is 11.7 Å². The number of anilines is 3. The van der Waals surface area contributed by atoms with Crippen molar-refractivity contribution in [2.24, 2.45) is 0 Å². The Hall–Kier alpha value is -3.55. The van der Waals surface area contributed by atoms with E-state index in [1.807, 2.05) is 0 Å². The van der Waals surface area contributed by atoms with E-state index in [0.717, 1.165) is 5.56 Å². The minimum Gasteiger partial charge on any atom is -0.366 e. The van der Waals surface area contributed by atoms with Gasteiger partial charge in [0.05, 0.1) is 6.20 Å². The van der Waals surface area contributed by atoms with Crippen LogP contribution in [0, 0.1) is 5.82 Å². The van der Waals surface area contributed by atoms with Gasteiger partial charge in [-0.15, -0.1) is 0 Å². The van der Waals surface area contributed by atoms with Gasteiger partial charge in [-0.1, -0.05) is 12.1 Å². The maximum Gasteiger partial charge on any atom is 0.253 e. The van der Waals surface area contributed by atoms with Gasteiger partial charge in [0.1, 0.15) is 23.3 Å². The smallest absolute Gasteiger partial charge is 0.253 e. The Morgan fingerprint density at radius 3 is 2.48 bits per heavy atom. The number of benzene rings is 1. The highest BCUT2D eigenvalue weighted by Gasteiger charge is 2.12. The van der Waals surface area contributed by atoms with Gasteiger partial charge in [0.15, 0.2) is 0 Å². The summed E-state index contributed by atoms with van der Waals surface area (Å²) in [5.74, 6) is 1.06. The Bertz CT molecular complexity index is 915. The van der Waals surface area contributed by atoms with Crippen molar-refractivity contribution in [3.63, 3.8) is 0 Å². The highest BCUT2D eigenvalue weighted by atomic mass is 19.1. The van der Waals surface area contributed by atoms with E-state index in [4.69, 9.17) is 0 Å². The first-order valence-electron chi connectivity index (χ1n) is 8.26. The Morgan fingerprint density at radius 2 is 1.81 bits per heavy atom.